The van der Waals surface area contributed by atoms with Gasteiger partial charge in [-0.05, 0) is 33.1 Å². The van der Waals surface area contributed by atoms with Gasteiger partial charge in [-0.25, -0.2) is 5.43 Å². The molecule has 1 heterocycles. The maximum absolute atomic E-state index is 12.5. The van der Waals surface area contributed by atoms with Gasteiger partial charge >= 0.3 is 0 Å². The molecule has 132 valence electrons. The molecule has 6 heteroatoms. The second-order valence-corrected chi connectivity index (χ2v) is 6.83. The van der Waals surface area contributed by atoms with Crippen molar-refractivity contribution in [1.82, 2.24) is 10.7 Å². The van der Waals surface area contributed by atoms with E-state index in [9.17, 15) is 9.59 Å². The van der Waals surface area contributed by atoms with E-state index < -0.39 is 11.8 Å². The summed E-state index contributed by atoms with van der Waals surface area (Å²) in [5.74, 6) is -1.66. The lowest BCUT2D eigenvalue weighted by atomic mass is 9.88. The Morgan fingerprint density at radius 2 is 1.77 bits per heavy atom. The van der Waals surface area contributed by atoms with E-state index in [1.54, 1.807) is 0 Å². The zero-order valence-corrected chi connectivity index (χ0v) is 15.5. The summed E-state index contributed by atoms with van der Waals surface area (Å²) in [7, 11) is 0. The minimum absolute atomic E-state index is 0.192. The Morgan fingerprint density at radius 3 is 2.46 bits per heavy atom. The van der Waals surface area contributed by atoms with Gasteiger partial charge in [0.15, 0.2) is 0 Å². The summed E-state index contributed by atoms with van der Waals surface area (Å²) in [4.78, 5) is 24.6. The molecule has 1 fully saturated rings. The number of carbonyl (C=O) groups is 2. The van der Waals surface area contributed by atoms with Crippen LogP contribution in [0.4, 0.5) is 0 Å². The summed E-state index contributed by atoms with van der Waals surface area (Å²) >= 11 is 3.39. The van der Waals surface area contributed by atoms with E-state index in [2.05, 4.69) is 31.8 Å². The number of hydrazone groups is 1. The molecule has 1 saturated heterocycles. The molecule has 2 atom stereocenters. The Bertz CT molecular complexity index is 835. The summed E-state index contributed by atoms with van der Waals surface area (Å²) in [5, 5.41) is 6.71. The highest BCUT2D eigenvalue weighted by Crippen LogP contribution is 2.28. The Kier molecular flexibility index (Phi) is 5.96. The molecule has 2 aromatic rings. The van der Waals surface area contributed by atoms with Crippen LogP contribution in [0.15, 0.2) is 70.2 Å². The first kappa shape index (κ1) is 18.1. The van der Waals surface area contributed by atoms with Crippen LogP contribution in [0.3, 0.4) is 0 Å². The van der Waals surface area contributed by atoms with Gasteiger partial charge in [0.1, 0.15) is 5.92 Å². The highest BCUT2D eigenvalue weighted by Gasteiger charge is 2.40. The van der Waals surface area contributed by atoms with Crippen LogP contribution >= 0.6 is 15.9 Å². The van der Waals surface area contributed by atoms with Gasteiger partial charge in [0.25, 0.3) is 5.91 Å². The fourth-order valence-corrected chi connectivity index (χ4v) is 3.27. The first-order valence-corrected chi connectivity index (χ1v) is 9.02. The number of allylic oxidation sites excluding steroid dienone is 1. The second kappa shape index (κ2) is 8.58. The zero-order valence-electron chi connectivity index (χ0n) is 13.9. The Labute approximate surface area is 160 Å². The van der Waals surface area contributed by atoms with E-state index in [1.807, 2.05) is 66.7 Å². The van der Waals surface area contributed by atoms with Gasteiger partial charge in [0, 0.05) is 16.9 Å². The highest BCUT2D eigenvalue weighted by molar-refractivity contribution is 9.12. The summed E-state index contributed by atoms with van der Waals surface area (Å²) in [5.41, 5.74) is 4.44. The van der Waals surface area contributed by atoms with Crippen LogP contribution in [0.5, 0.6) is 0 Å². The second-order valence-electron chi connectivity index (χ2n) is 5.91. The lowest BCUT2D eigenvalue weighted by Gasteiger charge is -2.15. The van der Waals surface area contributed by atoms with Gasteiger partial charge in [-0.2, -0.15) is 5.10 Å². The number of rotatable bonds is 5. The normalized spacial score (nSPS) is 20.2. The molecule has 0 aliphatic carbocycles. The van der Waals surface area contributed by atoms with Crippen molar-refractivity contribution in [3.05, 3.63) is 76.3 Å². The molecule has 0 spiro atoms. The van der Waals surface area contributed by atoms with Gasteiger partial charge < -0.3 is 5.32 Å². The smallest absolute Gasteiger partial charge is 0.253 e. The van der Waals surface area contributed by atoms with Crippen molar-refractivity contribution >= 4 is 40.0 Å². The van der Waals surface area contributed by atoms with Crippen LogP contribution < -0.4 is 10.7 Å². The van der Waals surface area contributed by atoms with E-state index in [-0.39, 0.29) is 11.8 Å². The molecule has 5 nitrogen and oxygen atoms in total. The lowest BCUT2D eigenvalue weighted by molar-refractivity contribution is -0.133. The number of halogens is 1. The van der Waals surface area contributed by atoms with Crippen LogP contribution in [0, 0.1) is 5.92 Å². The molecule has 0 bridgehead atoms. The van der Waals surface area contributed by atoms with Crippen molar-refractivity contribution in [2.75, 3.05) is 6.54 Å². The van der Waals surface area contributed by atoms with E-state index in [0.29, 0.717) is 11.0 Å². The number of hydrogen-bond donors (Lipinski definition) is 2. The number of carbonyl (C=O) groups excluding carboxylic acids is 2. The van der Waals surface area contributed by atoms with Gasteiger partial charge in [-0.3, -0.25) is 9.59 Å². The summed E-state index contributed by atoms with van der Waals surface area (Å²) in [6.07, 6.45) is 3.37. The molecule has 3 rings (SSSR count). The molecular formula is C20H18BrN3O2. The predicted molar refractivity (Wildman–Crippen MR) is 106 cm³/mol. The minimum Gasteiger partial charge on any atom is -0.355 e. The van der Waals surface area contributed by atoms with Crippen molar-refractivity contribution in [3.63, 3.8) is 0 Å². The third kappa shape index (κ3) is 4.46. The molecule has 1 aliphatic heterocycles. The molecule has 1 aliphatic rings. The number of nitrogens with one attached hydrogen (secondary N) is 2. The average molecular weight is 412 g/mol. The van der Waals surface area contributed by atoms with E-state index in [4.69, 9.17) is 0 Å². The lowest BCUT2D eigenvalue weighted by Crippen LogP contribution is -2.34. The third-order valence-corrected chi connectivity index (χ3v) is 4.59. The van der Waals surface area contributed by atoms with E-state index >= 15 is 0 Å². The molecule has 0 saturated carbocycles. The van der Waals surface area contributed by atoms with Crippen LogP contribution in [0.1, 0.15) is 17.0 Å². The minimum atomic E-state index is -0.786. The van der Waals surface area contributed by atoms with Gasteiger partial charge in [0.2, 0.25) is 5.91 Å². The fourth-order valence-electron chi connectivity index (χ4n) is 2.91. The quantitative estimate of drug-likeness (QED) is 0.450. The third-order valence-electron chi connectivity index (χ3n) is 4.16. The molecule has 0 aromatic heterocycles. The van der Waals surface area contributed by atoms with E-state index in [0.717, 1.165) is 11.1 Å². The summed E-state index contributed by atoms with van der Waals surface area (Å²) in [6.45, 7) is 0.447. The number of benzene rings is 2. The number of amides is 2. The van der Waals surface area contributed by atoms with Gasteiger partial charge in [-0.1, -0.05) is 60.7 Å². The Hall–Kier alpha value is -2.73. The SMILES string of the molecule is O=C1NC[C@@H](c2ccccc2)[C@H]1C(=O)N/N=C/C(Br)=C/c1ccccc1. The molecule has 0 radical (unpaired) electrons. The zero-order chi connectivity index (χ0) is 18.4. The highest BCUT2D eigenvalue weighted by atomic mass is 79.9. The van der Waals surface area contributed by atoms with Crippen LogP contribution in [-0.4, -0.2) is 24.6 Å². The van der Waals surface area contributed by atoms with Gasteiger partial charge in [-0.15, -0.1) is 0 Å². The average Bonchev–Trinajstić information content (AvgIpc) is 3.05. The molecule has 2 aromatic carbocycles. The number of hydrogen-bond acceptors (Lipinski definition) is 3. The first-order chi connectivity index (χ1) is 12.6. The van der Waals surface area contributed by atoms with Crippen LogP contribution in [0.2, 0.25) is 0 Å². The molecular weight excluding hydrogens is 394 g/mol. The standard InChI is InChI=1S/C20H18BrN3O2/c21-16(11-14-7-3-1-4-8-14)12-23-24-20(26)18-17(13-22-19(18)25)15-9-5-2-6-10-15/h1-12,17-18H,13H2,(H,22,25)(H,24,26)/b16-11-,23-12+/t17-,18+/m0/s1. The molecule has 0 unspecified atom stereocenters. The van der Waals surface area contributed by atoms with Crippen molar-refractivity contribution in [2.24, 2.45) is 11.0 Å². The Morgan fingerprint density at radius 1 is 1.12 bits per heavy atom. The summed E-state index contributed by atoms with van der Waals surface area (Å²) in [6, 6.07) is 19.3. The largest absolute Gasteiger partial charge is 0.355 e. The predicted octanol–water partition coefficient (Wildman–Crippen LogP) is 3.05. The van der Waals surface area contributed by atoms with E-state index in [1.165, 1.54) is 6.21 Å². The fraction of sp³-hybridized carbons (Fsp3) is 0.150. The molecule has 26 heavy (non-hydrogen) atoms. The first-order valence-electron chi connectivity index (χ1n) is 8.23. The van der Waals surface area contributed by atoms with Crippen molar-refractivity contribution in [3.8, 4) is 0 Å². The Balaban J connectivity index is 1.65. The van der Waals surface area contributed by atoms with Gasteiger partial charge in [0.05, 0.1) is 6.21 Å². The van der Waals surface area contributed by atoms with Crippen molar-refractivity contribution < 1.29 is 9.59 Å². The maximum Gasteiger partial charge on any atom is 0.253 e. The molecule has 2 N–H and O–H groups in total. The number of nitrogens with zero attached hydrogens (tertiary/aromatic N) is 1. The summed E-state index contributed by atoms with van der Waals surface area (Å²) < 4.78 is 0.708. The van der Waals surface area contributed by atoms with Crippen LogP contribution in [-0.2, 0) is 9.59 Å². The topological polar surface area (TPSA) is 70.6 Å². The van der Waals surface area contributed by atoms with Crippen molar-refractivity contribution in [1.29, 1.82) is 0 Å². The van der Waals surface area contributed by atoms with Crippen molar-refractivity contribution in [2.45, 2.75) is 5.92 Å². The monoisotopic (exact) mass is 411 g/mol. The van der Waals surface area contributed by atoms with Crippen LogP contribution in [0.25, 0.3) is 6.08 Å². The maximum atomic E-state index is 12.5. The molecule has 2 amide bonds.